The molecule has 0 radical (unpaired) electrons. The molecule has 0 aliphatic heterocycles. The second-order valence-corrected chi connectivity index (χ2v) is 6.76. The van der Waals surface area contributed by atoms with Gasteiger partial charge in [0.05, 0.1) is 17.7 Å². The highest BCUT2D eigenvalue weighted by Crippen LogP contribution is 2.39. The number of fused-ring (bicyclic) bond motifs is 1. The lowest BCUT2D eigenvalue weighted by atomic mass is 9.99. The molecule has 0 saturated heterocycles. The number of halogens is 3. The molecule has 3 rings (SSSR count). The van der Waals surface area contributed by atoms with Gasteiger partial charge in [0.25, 0.3) is 0 Å². The van der Waals surface area contributed by atoms with Crippen molar-refractivity contribution in [3.63, 3.8) is 0 Å². The number of rotatable bonds is 7. The van der Waals surface area contributed by atoms with Crippen molar-refractivity contribution in [2.45, 2.75) is 12.7 Å². The standard InChI is InChI=1S/C22H20F3N3O3/c1-3-4-19(26)28(2)27-12-17-10-16-9-15(11-18(20(16)31-17)22(23,24)25)13-5-7-14(8-6-13)21(29)30/h3-11,27H,1,12,26H2,2H3,(H,29,30)/b19-4-. The topological polar surface area (TPSA) is 91.7 Å². The summed E-state index contributed by atoms with van der Waals surface area (Å²) in [7, 11) is 1.65. The second-order valence-electron chi connectivity index (χ2n) is 6.76. The molecule has 1 aromatic heterocycles. The summed E-state index contributed by atoms with van der Waals surface area (Å²) in [6.07, 6.45) is -1.56. The van der Waals surface area contributed by atoms with Crippen LogP contribution in [0.3, 0.4) is 0 Å². The van der Waals surface area contributed by atoms with E-state index in [0.717, 1.165) is 6.07 Å². The average Bonchev–Trinajstić information content (AvgIpc) is 3.13. The zero-order chi connectivity index (χ0) is 22.8. The number of allylic oxidation sites excluding steroid dienone is 2. The van der Waals surface area contributed by atoms with Crippen LogP contribution in [0.5, 0.6) is 0 Å². The highest BCUT2D eigenvalue weighted by molar-refractivity contribution is 5.90. The van der Waals surface area contributed by atoms with Gasteiger partial charge in [-0.05, 0) is 47.5 Å². The first-order valence-electron chi connectivity index (χ1n) is 9.13. The van der Waals surface area contributed by atoms with E-state index in [4.69, 9.17) is 15.3 Å². The van der Waals surface area contributed by atoms with Gasteiger partial charge in [0.2, 0.25) is 0 Å². The Morgan fingerprint density at radius 2 is 1.90 bits per heavy atom. The van der Waals surface area contributed by atoms with Crippen molar-refractivity contribution in [1.29, 1.82) is 0 Å². The quantitative estimate of drug-likeness (QED) is 0.370. The van der Waals surface area contributed by atoms with Crippen LogP contribution in [0.25, 0.3) is 22.1 Å². The molecule has 0 unspecified atom stereocenters. The summed E-state index contributed by atoms with van der Waals surface area (Å²) in [4.78, 5) is 11.0. The van der Waals surface area contributed by atoms with Crippen LogP contribution in [0.15, 0.2) is 71.4 Å². The van der Waals surface area contributed by atoms with Gasteiger partial charge in [-0.25, -0.2) is 10.2 Å². The van der Waals surface area contributed by atoms with E-state index in [1.807, 2.05) is 0 Å². The van der Waals surface area contributed by atoms with Crippen LogP contribution in [-0.4, -0.2) is 23.1 Å². The fraction of sp³-hybridized carbons (Fsp3) is 0.136. The maximum absolute atomic E-state index is 13.7. The van der Waals surface area contributed by atoms with E-state index in [-0.39, 0.29) is 28.8 Å². The van der Waals surface area contributed by atoms with Crippen LogP contribution >= 0.6 is 0 Å². The Bertz CT molecular complexity index is 1150. The van der Waals surface area contributed by atoms with Gasteiger partial charge < -0.3 is 15.3 Å². The van der Waals surface area contributed by atoms with Crippen LogP contribution in [0, 0.1) is 0 Å². The van der Waals surface area contributed by atoms with Crippen molar-refractivity contribution in [2.75, 3.05) is 7.05 Å². The van der Waals surface area contributed by atoms with Gasteiger partial charge in [-0.1, -0.05) is 24.8 Å². The SMILES string of the molecule is C=C/C=C(/N)N(C)NCc1cc2cc(-c3ccc(C(=O)O)cc3)cc(C(F)(F)F)c2o1. The highest BCUT2D eigenvalue weighted by Gasteiger charge is 2.35. The summed E-state index contributed by atoms with van der Waals surface area (Å²) in [5.74, 6) is -0.454. The van der Waals surface area contributed by atoms with Crippen LogP contribution < -0.4 is 11.2 Å². The lowest BCUT2D eigenvalue weighted by molar-refractivity contribution is -0.136. The van der Waals surface area contributed by atoms with Crippen molar-refractivity contribution in [2.24, 2.45) is 5.73 Å². The zero-order valence-corrected chi connectivity index (χ0v) is 16.5. The highest BCUT2D eigenvalue weighted by atomic mass is 19.4. The molecule has 3 aromatic rings. The van der Waals surface area contributed by atoms with Gasteiger partial charge in [-0.2, -0.15) is 13.2 Å². The largest absolute Gasteiger partial charge is 0.478 e. The monoisotopic (exact) mass is 431 g/mol. The maximum atomic E-state index is 13.7. The number of carboxylic acid groups (broad SMARTS) is 1. The van der Waals surface area contributed by atoms with Gasteiger partial charge in [0.1, 0.15) is 17.2 Å². The van der Waals surface area contributed by atoms with Gasteiger partial charge in [-0.3, -0.25) is 5.01 Å². The van der Waals surface area contributed by atoms with Crippen molar-refractivity contribution in [1.82, 2.24) is 10.4 Å². The van der Waals surface area contributed by atoms with E-state index < -0.39 is 17.7 Å². The molecule has 1 heterocycles. The molecule has 0 aliphatic carbocycles. The zero-order valence-electron chi connectivity index (χ0n) is 16.5. The van der Waals surface area contributed by atoms with E-state index >= 15 is 0 Å². The Morgan fingerprint density at radius 3 is 2.48 bits per heavy atom. The van der Waals surface area contributed by atoms with Crippen molar-refractivity contribution >= 4 is 16.9 Å². The summed E-state index contributed by atoms with van der Waals surface area (Å²) in [5, 5.41) is 10.8. The maximum Gasteiger partial charge on any atom is 0.420 e. The molecule has 162 valence electrons. The summed E-state index contributed by atoms with van der Waals surface area (Å²) in [5.41, 5.74) is 8.35. The van der Waals surface area contributed by atoms with Gasteiger partial charge in [0, 0.05) is 12.4 Å². The van der Waals surface area contributed by atoms with Gasteiger partial charge in [-0.15, -0.1) is 0 Å². The number of nitrogens with one attached hydrogen (secondary N) is 1. The third kappa shape index (κ3) is 4.89. The molecule has 0 spiro atoms. The molecule has 0 fully saturated rings. The second kappa shape index (κ2) is 8.57. The smallest absolute Gasteiger partial charge is 0.420 e. The van der Waals surface area contributed by atoms with Crippen LogP contribution in [0.2, 0.25) is 0 Å². The predicted molar refractivity (Wildman–Crippen MR) is 111 cm³/mol. The number of aromatic carboxylic acids is 1. The summed E-state index contributed by atoms with van der Waals surface area (Å²) in [6.45, 7) is 3.65. The first-order valence-corrected chi connectivity index (χ1v) is 9.13. The Hall–Kier alpha value is -3.72. The number of hydrogen-bond donors (Lipinski definition) is 3. The average molecular weight is 431 g/mol. The number of alkyl halides is 3. The van der Waals surface area contributed by atoms with E-state index in [9.17, 15) is 18.0 Å². The number of hydrazine groups is 1. The first-order chi connectivity index (χ1) is 14.6. The van der Waals surface area contributed by atoms with Crippen LogP contribution in [0.4, 0.5) is 13.2 Å². The third-order valence-corrected chi connectivity index (χ3v) is 4.60. The van der Waals surface area contributed by atoms with E-state index in [1.165, 1.54) is 41.4 Å². The molecule has 31 heavy (non-hydrogen) atoms. The normalized spacial score (nSPS) is 12.2. The number of carboxylic acids is 1. The molecule has 0 saturated carbocycles. The molecule has 0 atom stereocenters. The Morgan fingerprint density at radius 1 is 1.23 bits per heavy atom. The Kier molecular flexibility index (Phi) is 6.07. The van der Waals surface area contributed by atoms with Gasteiger partial charge in [0.15, 0.2) is 0 Å². The summed E-state index contributed by atoms with van der Waals surface area (Å²) < 4.78 is 46.6. The molecule has 0 amide bonds. The molecular formula is C22H20F3N3O3. The van der Waals surface area contributed by atoms with Crippen LogP contribution in [-0.2, 0) is 12.7 Å². The first kappa shape index (κ1) is 22.0. The van der Waals surface area contributed by atoms with E-state index in [1.54, 1.807) is 19.2 Å². The fourth-order valence-electron chi connectivity index (χ4n) is 3.00. The number of furan rings is 1. The van der Waals surface area contributed by atoms with Crippen LogP contribution in [0.1, 0.15) is 21.7 Å². The lowest BCUT2D eigenvalue weighted by Crippen LogP contribution is -2.36. The molecular weight excluding hydrogens is 411 g/mol. The molecule has 0 bridgehead atoms. The minimum atomic E-state index is -4.63. The number of nitrogens with two attached hydrogens (primary N) is 1. The lowest BCUT2D eigenvalue weighted by Gasteiger charge is -2.19. The van der Waals surface area contributed by atoms with Gasteiger partial charge >= 0.3 is 12.1 Å². The van der Waals surface area contributed by atoms with E-state index in [2.05, 4.69) is 12.0 Å². The molecule has 0 aliphatic rings. The number of benzene rings is 2. The van der Waals surface area contributed by atoms with Crippen molar-refractivity contribution < 1.29 is 27.5 Å². The third-order valence-electron chi connectivity index (χ3n) is 4.60. The van der Waals surface area contributed by atoms with Crippen molar-refractivity contribution in [3.8, 4) is 11.1 Å². The molecule has 6 nitrogen and oxygen atoms in total. The fourth-order valence-corrected chi connectivity index (χ4v) is 3.00. The summed E-state index contributed by atoms with van der Waals surface area (Å²) in [6, 6.07) is 9.72. The molecule has 9 heteroatoms. The Labute approximate surface area is 176 Å². The Balaban J connectivity index is 1.99. The van der Waals surface area contributed by atoms with Crippen molar-refractivity contribution in [3.05, 3.63) is 83.9 Å². The number of hydrogen-bond acceptors (Lipinski definition) is 5. The number of nitrogens with zero attached hydrogens (tertiary/aromatic N) is 1. The minimum absolute atomic E-state index is 0.0476. The van der Waals surface area contributed by atoms with E-state index in [0.29, 0.717) is 16.9 Å². The molecule has 2 aromatic carbocycles. The summed E-state index contributed by atoms with van der Waals surface area (Å²) >= 11 is 0. The predicted octanol–water partition coefficient (Wildman–Crippen LogP) is 4.74. The number of carbonyl (C=O) groups is 1. The molecule has 4 N–H and O–H groups in total. The minimum Gasteiger partial charge on any atom is -0.478 e.